The summed E-state index contributed by atoms with van der Waals surface area (Å²) >= 11 is 0. The first kappa shape index (κ1) is 18.0. The molecule has 0 aliphatic carbocycles. The van der Waals surface area contributed by atoms with Crippen molar-refractivity contribution in [2.45, 2.75) is 39.7 Å². The van der Waals surface area contributed by atoms with Gasteiger partial charge in [0.25, 0.3) is 0 Å². The number of esters is 1. The number of imidazole rings is 1. The first-order valence-corrected chi connectivity index (χ1v) is 8.59. The zero-order valence-electron chi connectivity index (χ0n) is 15.4. The number of hydrogen-bond acceptors (Lipinski definition) is 8. The Morgan fingerprint density at radius 2 is 2.27 bits per heavy atom. The first-order chi connectivity index (χ1) is 12.4. The van der Waals surface area contributed by atoms with E-state index in [4.69, 9.17) is 15.2 Å². The highest BCUT2D eigenvalue weighted by Crippen LogP contribution is 2.31. The number of nitrogens with one attached hydrogen (secondary N) is 1. The van der Waals surface area contributed by atoms with Crippen LogP contribution in [0.1, 0.15) is 33.6 Å². The lowest BCUT2D eigenvalue weighted by Gasteiger charge is -2.14. The van der Waals surface area contributed by atoms with E-state index < -0.39 is 0 Å². The molecule has 0 saturated heterocycles. The number of ether oxygens (including phenoxy) is 2. The minimum absolute atomic E-state index is 0.152. The maximum atomic E-state index is 11.7. The van der Waals surface area contributed by atoms with Gasteiger partial charge >= 0.3 is 5.97 Å². The number of carbonyl (C=O) groups is 1. The Morgan fingerprint density at radius 1 is 1.50 bits per heavy atom. The second kappa shape index (κ2) is 7.19. The van der Waals surface area contributed by atoms with Gasteiger partial charge in [-0.15, -0.1) is 0 Å². The Hall–Kier alpha value is -2.84. The summed E-state index contributed by atoms with van der Waals surface area (Å²) < 4.78 is 13.1. The fourth-order valence-corrected chi connectivity index (χ4v) is 2.90. The number of anilines is 2. The van der Waals surface area contributed by atoms with E-state index in [9.17, 15) is 4.79 Å². The van der Waals surface area contributed by atoms with Gasteiger partial charge in [-0.05, 0) is 18.4 Å². The molecule has 26 heavy (non-hydrogen) atoms. The molecule has 2 aromatic heterocycles. The van der Waals surface area contributed by atoms with Crippen LogP contribution in [-0.4, -0.2) is 45.2 Å². The van der Waals surface area contributed by atoms with E-state index in [1.54, 1.807) is 17.9 Å². The number of carbonyl (C=O) groups excluding carboxylic acids is 1. The molecule has 1 atom stereocenters. The van der Waals surface area contributed by atoms with Crippen molar-refractivity contribution in [2.24, 2.45) is 5.92 Å². The molecule has 9 heteroatoms. The summed E-state index contributed by atoms with van der Waals surface area (Å²) in [5.41, 5.74) is 7.99. The topological polar surface area (TPSA) is 117 Å². The Labute approximate surface area is 151 Å². The van der Waals surface area contributed by atoms with Gasteiger partial charge in [-0.2, -0.15) is 9.97 Å². The summed E-state index contributed by atoms with van der Waals surface area (Å²) in [6.07, 6.45) is 2.48. The third-order valence-corrected chi connectivity index (χ3v) is 4.05. The third kappa shape index (κ3) is 3.56. The number of fused-ring (bicyclic) bond motifs is 1. The molecule has 0 aromatic carbocycles. The molecule has 3 N–H and O–H groups in total. The Kier molecular flexibility index (Phi) is 4.97. The SMILES string of the molecule is CNc1nc(N)nc2c1ncn2C1=C(C)C[C@@H](COC(=O)CC(C)C)O1. The molecule has 0 unspecified atom stereocenters. The molecule has 1 aliphatic heterocycles. The van der Waals surface area contributed by atoms with Crippen molar-refractivity contribution in [3.8, 4) is 0 Å². The van der Waals surface area contributed by atoms with Crippen molar-refractivity contribution < 1.29 is 14.3 Å². The highest BCUT2D eigenvalue weighted by Gasteiger charge is 2.27. The summed E-state index contributed by atoms with van der Waals surface area (Å²) in [7, 11) is 1.75. The number of nitrogens with zero attached hydrogens (tertiary/aromatic N) is 4. The summed E-state index contributed by atoms with van der Waals surface area (Å²) in [6, 6.07) is 0. The Balaban J connectivity index is 1.76. The maximum absolute atomic E-state index is 11.7. The lowest BCUT2D eigenvalue weighted by atomic mass is 10.1. The van der Waals surface area contributed by atoms with Crippen LogP contribution in [-0.2, 0) is 14.3 Å². The summed E-state index contributed by atoms with van der Waals surface area (Å²) in [5.74, 6) is 1.41. The van der Waals surface area contributed by atoms with Crippen LogP contribution in [0.2, 0.25) is 0 Å². The summed E-state index contributed by atoms with van der Waals surface area (Å²) in [6.45, 7) is 6.15. The van der Waals surface area contributed by atoms with E-state index in [0.29, 0.717) is 35.7 Å². The molecule has 3 rings (SSSR count). The van der Waals surface area contributed by atoms with E-state index in [0.717, 1.165) is 5.57 Å². The average Bonchev–Trinajstić information content (AvgIpc) is 3.14. The number of rotatable bonds is 6. The van der Waals surface area contributed by atoms with Gasteiger partial charge in [0.2, 0.25) is 5.95 Å². The fourth-order valence-electron chi connectivity index (χ4n) is 2.90. The Bertz CT molecular complexity index is 858. The van der Waals surface area contributed by atoms with Crippen LogP contribution in [0.4, 0.5) is 11.8 Å². The van der Waals surface area contributed by atoms with Gasteiger partial charge in [-0.3, -0.25) is 9.36 Å². The van der Waals surface area contributed by atoms with Crippen molar-refractivity contribution in [3.05, 3.63) is 11.9 Å². The van der Waals surface area contributed by atoms with Crippen molar-refractivity contribution in [3.63, 3.8) is 0 Å². The number of hydrogen-bond donors (Lipinski definition) is 2. The van der Waals surface area contributed by atoms with Gasteiger partial charge in [-0.1, -0.05) is 13.8 Å². The van der Waals surface area contributed by atoms with Crippen molar-refractivity contribution >= 4 is 34.8 Å². The van der Waals surface area contributed by atoms with Gasteiger partial charge < -0.3 is 20.5 Å². The molecule has 3 heterocycles. The number of aromatic nitrogens is 4. The lowest BCUT2D eigenvalue weighted by Crippen LogP contribution is -2.19. The zero-order valence-corrected chi connectivity index (χ0v) is 15.4. The van der Waals surface area contributed by atoms with Crippen LogP contribution in [0.15, 0.2) is 11.9 Å². The number of nitrogen functional groups attached to an aromatic ring is 1. The molecule has 0 radical (unpaired) electrons. The smallest absolute Gasteiger partial charge is 0.306 e. The summed E-state index contributed by atoms with van der Waals surface area (Å²) in [4.78, 5) is 24.5. The summed E-state index contributed by atoms with van der Waals surface area (Å²) in [5, 5.41) is 2.96. The lowest BCUT2D eigenvalue weighted by molar-refractivity contribution is -0.147. The molecule has 0 bridgehead atoms. The normalized spacial score (nSPS) is 17.0. The standard InChI is InChI=1S/C17H24N6O3/c1-9(2)5-12(24)25-7-11-6-10(3)16(26-11)23-8-20-13-14(19-4)21-17(18)22-15(13)23/h8-9,11H,5-7H2,1-4H3,(H3,18,19,21,22)/t11-/m0/s1. The maximum Gasteiger partial charge on any atom is 0.306 e. The third-order valence-electron chi connectivity index (χ3n) is 4.05. The monoisotopic (exact) mass is 360 g/mol. The van der Waals surface area contributed by atoms with Gasteiger partial charge in [0.1, 0.15) is 19.0 Å². The molecule has 2 aromatic rings. The van der Waals surface area contributed by atoms with Crippen LogP contribution >= 0.6 is 0 Å². The van der Waals surface area contributed by atoms with Crippen LogP contribution in [0, 0.1) is 5.92 Å². The first-order valence-electron chi connectivity index (χ1n) is 8.59. The molecular formula is C17H24N6O3. The van der Waals surface area contributed by atoms with Crippen molar-refractivity contribution in [1.29, 1.82) is 0 Å². The zero-order chi connectivity index (χ0) is 18.8. The fraction of sp³-hybridized carbons (Fsp3) is 0.529. The minimum Gasteiger partial charge on any atom is -0.471 e. The minimum atomic E-state index is -0.221. The van der Waals surface area contributed by atoms with Gasteiger partial charge in [-0.25, -0.2) is 4.98 Å². The average molecular weight is 360 g/mol. The molecule has 0 fully saturated rings. The molecule has 0 spiro atoms. The molecular weight excluding hydrogens is 336 g/mol. The highest BCUT2D eigenvalue weighted by atomic mass is 16.6. The Morgan fingerprint density at radius 3 is 2.96 bits per heavy atom. The van der Waals surface area contributed by atoms with Crippen LogP contribution in [0.25, 0.3) is 17.0 Å². The second-order valence-corrected chi connectivity index (χ2v) is 6.78. The highest BCUT2D eigenvalue weighted by molar-refractivity contribution is 5.86. The van der Waals surface area contributed by atoms with Gasteiger partial charge in [0, 0.05) is 19.9 Å². The molecule has 9 nitrogen and oxygen atoms in total. The van der Waals surface area contributed by atoms with Crippen molar-refractivity contribution in [2.75, 3.05) is 24.7 Å². The van der Waals surface area contributed by atoms with Crippen molar-refractivity contribution in [1.82, 2.24) is 19.5 Å². The van der Waals surface area contributed by atoms with Gasteiger partial charge in [0.15, 0.2) is 22.9 Å². The number of nitrogens with two attached hydrogens (primary N) is 1. The van der Waals surface area contributed by atoms with E-state index in [1.165, 1.54) is 0 Å². The predicted octanol–water partition coefficient (Wildman–Crippen LogP) is 2.02. The van der Waals surface area contributed by atoms with E-state index in [-0.39, 0.29) is 30.5 Å². The van der Waals surface area contributed by atoms with Crippen LogP contribution < -0.4 is 11.1 Å². The second-order valence-electron chi connectivity index (χ2n) is 6.78. The quantitative estimate of drug-likeness (QED) is 0.751. The van der Waals surface area contributed by atoms with E-state index >= 15 is 0 Å². The largest absolute Gasteiger partial charge is 0.471 e. The predicted molar refractivity (Wildman–Crippen MR) is 98.1 cm³/mol. The molecule has 0 saturated carbocycles. The van der Waals surface area contributed by atoms with Gasteiger partial charge in [0.05, 0.1) is 0 Å². The van der Waals surface area contributed by atoms with Crippen LogP contribution in [0.5, 0.6) is 0 Å². The van der Waals surface area contributed by atoms with E-state index in [2.05, 4.69) is 20.3 Å². The molecule has 1 aliphatic rings. The van der Waals surface area contributed by atoms with E-state index in [1.807, 2.05) is 20.8 Å². The molecule has 140 valence electrons. The molecule has 0 amide bonds. The van der Waals surface area contributed by atoms with Crippen LogP contribution in [0.3, 0.4) is 0 Å².